The van der Waals surface area contributed by atoms with E-state index in [1.807, 2.05) is 11.8 Å². The predicted molar refractivity (Wildman–Crippen MR) is 83.7 cm³/mol. The van der Waals surface area contributed by atoms with E-state index in [-0.39, 0.29) is 29.2 Å². The number of rotatable bonds is 5. The van der Waals surface area contributed by atoms with Crippen LogP contribution < -0.4 is 5.32 Å². The van der Waals surface area contributed by atoms with Crippen molar-refractivity contribution in [3.05, 3.63) is 29.8 Å². The number of carbonyl (C=O) groups is 1. The molecule has 0 radical (unpaired) electrons. The van der Waals surface area contributed by atoms with Crippen LogP contribution in [0.2, 0.25) is 0 Å². The van der Waals surface area contributed by atoms with Gasteiger partial charge in [-0.2, -0.15) is 0 Å². The Morgan fingerprint density at radius 3 is 2.64 bits per heavy atom. The van der Waals surface area contributed by atoms with Crippen molar-refractivity contribution in [2.45, 2.75) is 17.9 Å². The minimum Gasteiger partial charge on any atom is -0.384 e. The highest BCUT2D eigenvalue weighted by molar-refractivity contribution is 7.91. The van der Waals surface area contributed by atoms with Gasteiger partial charge in [-0.15, -0.1) is 0 Å². The van der Waals surface area contributed by atoms with Gasteiger partial charge in [0.25, 0.3) is 5.91 Å². The molecule has 1 aromatic carbocycles. The third kappa shape index (κ3) is 3.85. The molecule has 7 heteroatoms. The van der Waals surface area contributed by atoms with Crippen molar-refractivity contribution in [3.63, 3.8) is 0 Å². The van der Waals surface area contributed by atoms with Gasteiger partial charge in [-0.05, 0) is 31.2 Å². The summed E-state index contributed by atoms with van der Waals surface area (Å²) >= 11 is 0. The number of piperazine rings is 1. The van der Waals surface area contributed by atoms with Crippen LogP contribution in [0.15, 0.2) is 29.2 Å². The second-order valence-electron chi connectivity index (χ2n) is 5.39. The Bertz CT molecular complexity index is 613. The van der Waals surface area contributed by atoms with Gasteiger partial charge in [-0.3, -0.25) is 4.79 Å². The van der Waals surface area contributed by atoms with Crippen LogP contribution in [-0.4, -0.2) is 64.4 Å². The van der Waals surface area contributed by atoms with E-state index in [4.69, 9.17) is 4.74 Å². The van der Waals surface area contributed by atoms with Crippen molar-refractivity contribution in [3.8, 4) is 0 Å². The van der Waals surface area contributed by atoms with Crippen molar-refractivity contribution in [1.82, 2.24) is 10.2 Å². The predicted octanol–water partition coefficient (Wildman–Crippen LogP) is 0.541. The molecule has 22 heavy (non-hydrogen) atoms. The average Bonchev–Trinajstić information content (AvgIpc) is 2.53. The molecule has 1 atom stereocenters. The number of hydrogen-bond donors (Lipinski definition) is 1. The van der Waals surface area contributed by atoms with Gasteiger partial charge in [0.05, 0.1) is 17.3 Å². The Hall–Kier alpha value is -1.44. The Labute approximate surface area is 131 Å². The van der Waals surface area contributed by atoms with Gasteiger partial charge in [-0.25, -0.2) is 8.42 Å². The van der Waals surface area contributed by atoms with Crippen LogP contribution in [0.1, 0.15) is 17.3 Å². The fraction of sp³-hybridized carbons (Fsp3) is 0.533. The summed E-state index contributed by atoms with van der Waals surface area (Å²) in [5.41, 5.74) is 0.513. The number of ether oxygens (including phenoxy) is 1. The number of carbonyl (C=O) groups excluding carboxylic acids is 1. The molecule has 0 aromatic heterocycles. The molecule has 1 amide bonds. The van der Waals surface area contributed by atoms with Crippen LogP contribution in [0.5, 0.6) is 0 Å². The summed E-state index contributed by atoms with van der Waals surface area (Å²) in [7, 11) is -1.90. The lowest BCUT2D eigenvalue weighted by molar-refractivity contribution is 0.0655. The van der Waals surface area contributed by atoms with Crippen LogP contribution in [-0.2, 0) is 14.6 Å². The third-order valence-electron chi connectivity index (χ3n) is 3.78. The van der Waals surface area contributed by atoms with Crippen molar-refractivity contribution in [1.29, 1.82) is 0 Å². The molecule has 1 N–H and O–H groups in total. The van der Waals surface area contributed by atoms with Gasteiger partial charge >= 0.3 is 0 Å². The molecule has 1 aliphatic rings. The summed E-state index contributed by atoms with van der Waals surface area (Å²) in [5.74, 6) is -0.124. The molecule has 0 aliphatic carbocycles. The Balaban J connectivity index is 2.13. The number of methoxy groups -OCH3 is 1. The number of hydrogen-bond acceptors (Lipinski definition) is 5. The maximum atomic E-state index is 12.5. The first-order chi connectivity index (χ1) is 10.5. The molecule has 6 nitrogen and oxygen atoms in total. The van der Waals surface area contributed by atoms with E-state index in [1.165, 1.54) is 19.2 Å². The van der Waals surface area contributed by atoms with Crippen molar-refractivity contribution >= 4 is 15.7 Å². The molecule has 0 saturated carbocycles. The highest BCUT2D eigenvalue weighted by atomic mass is 32.2. The molecule has 1 saturated heterocycles. The van der Waals surface area contributed by atoms with E-state index >= 15 is 0 Å². The lowest BCUT2D eigenvalue weighted by Crippen LogP contribution is -2.52. The zero-order chi connectivity index (χ0) is 16.2. The van der Waals surface area contributed by atoms with E-state index in [9.17, 15) is 13.2 Å². The minimum atomic E-state index is -3.36. The number of benzene rings is 1. The molecule has 2 rings (SSSR count). The van der Waals surface area contributed by atoms with E-state index < -0.39 is 9.84 Å². The van der Waals surface area contributed by atoms with Crippen LogP contribution >= 0.6 is 0 Å². The van der Waals surface area contributed by atoms with Gasteiger partial charge in [0.2, 0.25) is 0 Å². The number of sulfone groups is 1. The quantitative estimate of drug-likeness (QED) is 0.855. The average molecular weight is 326 g/mol. The topological polar surface area (TPSA) is 75.7 Å². The largest absolute Gasteiger partial charge is 0.384 e. The van der Waals surface area contributed by atoms with Crippen molar-refractivity contribution < 1.29 is 17.9 Å². The summed E-state index contributed by atoms with van der Waals surface area (Å²) in [6.45, 7) is 4.36. The Kier molecular flexibility index (Phi) is 5.55. The lowest BCUT2D eigenvalue weighted by Gasteiger charge is -2.34. The first-order valence-corrected chi connectivity index (χ1v) is 8.94. The Morgan fingerprint density at radius 1 is 1.36 bits per heavy atom. The maximum Gasteiger partial charge on any atom is 0.254 e. The Morgan fingerprint density at radius 2 is 2.05 bits per heavy atom. The fourth-order valence-corrected chi connectivity index (χ4v) is 3.60. The van der Waals surface area contributed by atoms with Gasteiger partial charge in [0.15, 0.2) is 9.84 Å². The summed E-state index contributed by atoms with van der Waals surface area (Å²) in [5, 5.41) is 3.23. The standard InChI is InChI=1S/C15H22N2O4S/c1-12-11-16-7-8-17(12)15(18)13-3-5-14(6-4-13)22(19,20)10-9-21-2/h3-6,12,16H,7-11H2,1-2H3/t12-/m1/s1. The smallest absolute Gasteiger partial charge is 0.254 e. The third-order valence-corrected chi connectivity index (χ3v) is 5.47. The minimum absolute atomic E-state index is 0.0603. The first kappa shape index (κ1) is 16.9. The summed E-state index contributed by atoms with van der Waals surface area (Å²) in [6.07, 6.45) is 0. The second-order valence-corrected chi connectivity index (χ2v) is 7.50. The highest BCUT2D eigenvalue weighted by Gasteiger charge is 2.24. The van der Waals surface area contributed by atoms with Gasteiger partial charge < -0.3 is 15.0 Å². The molecule has 1 aliphatic heterocycles. The molecule has 122 valence electrons. The maximum absolute atomic E-state index is 12.5. The molecule has 0 unspecified atom stereocenters. The molecule has 0 spiro atoms. The number of nitrogens with zero attached hydrogens (tertiary/aromatic N) is 1. The zero-order valence-corrected chi connectivity index (χ0v) is 13.7. The number of nitrogens with one attached hydrogen (secondary N) is 1. The van der Waals surface area contributed by atoms with Crippen LogP contribution in [0, 0.1) is 0 Å². The summed E-state index contributed by atoms with van der Waals surface area (Å²) in [6, 6.07) is 6.27. The molecule has 1 aromatic rings. The van der Waals surface area contributed by atoms with Crippen molar-refractivity contribution in [2.75, 3.05) is 39.1 Å². The summed E-state index contributed by atoms with van der Waals surface area (Å²) < 4.78 is 28.9. The summed E-state index contributed by atoms with van der Waals surface area (Å²) in [4.78, 5) is 14.5. The van der Waals surface area contributed by atoms with E-state index in [0.29, 0.717) is 12.1 Å². The first-order valence-electron chi connectivity index (χ1n) is 7.29. The van der Waals surface area contributed by atoms with Crippen molar-refractivity contribution in [2.24, 2.45) is 0 Å². The fourth-order valence-electron chi connectivity index (χ4n) is 2.42. The van der Waals surface area contributed by atoms with E-state index in [1.54, 1.807) is 12.1 Å². The van der Waals surface area contributed by atoms with Crippen LogP contribution in [0.3, 0.4) is 0 Å². The molecular formula is C15H22N2O4S. The zero-order valence-electron chi connectivity index (χ0n) is 12.9. The number of amides is 1. The molecule has 1 fully saturated rings. The second kappa shape index (κ2) is 7.21. The van der Waals surface area contributed by atoms with E-state index in [0.717, 1.165) is 13.1 Å². The molecular weight excluding hydrogens is 304 g/mol. The van der Waals surface area contributed by atoms with Gasteiger partial charge in [0.1, 0.15) is 0 Å². The SMILES string of the molecule is COCCS(=O)(=O)c1ccc(C(=O)N2CCNC[C@H]2C)cc1. The van der Waals surface area contributed by atoms with Gasteiger partial charge in [0, 0.05) is 38.3 Å². The monoisotopic (exact) mass is 326 g/mol. The van der Waals surface area contributed by atoms with E-state index in [2.05, 4.69) is 5.32 Å². The van der Waals surface area contributed by atoms with Gasteiger partial charge in [-0.1, -0.05) is 0 Å². The van der Waals surface area contributed by atoms with Crippen LogP contribution in [0.25, 0.3) is 0 Å². The lowest BCUT2D eigenvalue weighted by atomic mass is 10.1. The molecule has 1 heterocycles. The van der Waals surface area contributed by atoms with Crippen LogP contribution in [0.4, 0.5) is 0 Å². The highest BCUT2D eigenvalue weighted by Crippen LogP contribution is 2.15. The normalized spacial score (nSPS) is 19.2. The molecule has 0 bridgehead atoms.